The molecule has 2 aromatic carbocycles. The van der Waals surface area contributed by atoms with E-state index in [0.29, 0.717) is 6.54 Å². The second-order valence-corrected chi connectivity index (χ2v) is 6.16. The molecule has 0 unspecified atom stereocenters. The van der Waals surface area contributed by atoms with E-state index in [-0.39, 0.29) is 28.8 Å². The van der Waals surface area contributed by atoms with Crippen LogP contribution in [0.3, 0.4) is 0 Å². The maximum absolute atomic E-state index is 13.0. The lowest BCUT2D eigenvalue weighted by Gasteiger charge is -2.25. The molecule has 1 aliphatic heterocycles. The quantitative estimate of drug-likeness (QED) is 0.784. The first-order valence-corrected chi connectivity index (χ1v) is 8.19. The summed E-state index contributed by atoms with van der Waals surface area (Å²) in [6, 6.07) is 8.76. The van der Waals surface area contributed by atoms with Gasteiger partial charge in [-0.2, -0.15) is 0 Å². The number of amides is 2. The van der Waals surface area contributed by atoms with Crippen LogP contribution < -0.4 is 5.32 Å². The summed E-state index contributed by atoms with van der Waals surface area (Å²) in [5.41, 5.74) is 1.56. The summed E-state index contributed by atoms with van der Waals surface area (Å²) < 4.78 is 0. The Morgan fingerprint density at radius 2 is 1.96 bits per heavy atom. The molecule has 0 aromatic heterocycles. The van der Waals surface area contributed by atoms with E-state index < -0.39 is 17.7 Å². The number of hydrogen-bond donors (Lipinski definition) is 3. The molecule has 0 spiro atoms. The van der Waals surface area contributed by atoms with Gasteiger partial charge >= 0.3 is 0 Å². The summed E-state index contributed by atoms with van der Waals surface area (Å²) in [5.74, 6) is -1.53. The van der Waals surface area contributed by atoms with Crippen molar-refractivity contribution in [1.29, 1.82) is 0 Å². The molecule has 0 radical (unpaired) electrons. The number of carbonyl (C=O) groups excluding carboxylic acids is 2. The Hall–Kier alpha value is -2.73. The number of rotatable bonds is 3. The summed E-state index contributed by atoms with van der Waals surface area (Å²) in [7, 11) is 0. The first kappa shape index (κ1) is 17.1. The number of hydrogen-bond acceptors (Lipinski definition) is 4. The highest BCUT2D eigenvalue weighted by Gasteiger charge is 2.39. The first-order valence-electron chi connectivity index (χ1n) is 7.82. The number of nitrogens with one attached hydrogen (secondary N) is 1. The van der Waals surface area contributed by atoms with Crippen LogP contribution in [0, 0.1) is 0 Å². The van der Waals surface area contributed by atoms with E-state index in [2.05, 4.69) is 5.32 Å². The number of carbonyl (C=O) groups is 2. The zero-order valence-electron chi connectivity index (χ0n) is 13.5. The number of phenolic OH excluding ortho intramolecular Hbond substituents is 2. The average molecular weight is 361 g/mol. The van der Waals surface area contributed by atoms with Crippen LogP contribution in [0.2, 0.25) is 5.02 Å². The Bertz CT molecular complexity index is 853. The van der Waals surface area contributed by atoms with E-state index in [9.17, 15) is 19.8 Å². The number of nitrogens with zero attached hydrogens (tertiary/aromatic N) is 1. The van der Waals surface area contributed by atoms with Crippen LogP contribution in [0.1, 0.15) is 34.5 Å². The van der Waals surface area contributed by atoms with E-state index in [1.54, 1.807) is 6.92 Å². The van der Waals surface area contributed by atoms with Crippen molar-refractivity contribution in [2.45, 2.75) is 19.5 Å². The van der Waals surface area contributed by atoms with Gasteiger partial charge in [0.15, 0.2) is 0 Å². The lowest BCUT2D eigenvalue weighted by Crippen LogP contribution is -2.39. The second-order valence-electron chi connectivity index (χ2n) is 5.75. The Morgan fingerprint density at radius 3 is 2.68 bits per heavy atom. The molecular weight excluding hydrogens is 344 g/mol. The van der Waals surface area contributed by atoms with Gasteiger partial charge in [0.2, 0.25) is 5.91 Å². The van der Waals surface area contributed by atoms with Gasteiger partial charge in [-0.3, -0.25) is 9.59 Å². The molecule has 7 heteroatoms. The Kier molecular flexibility index (Phi) is 4.55. The van der Waals surface area contributed by atoms with Gasteiger partial charge in [0.1, 0.15) is 17.5 Å². The zero-order chi connectivity index (χ0) is 18.1. The lowest BCUT2D eigenvalue weighted by atomic mass is 10.0. The second kappa shape index (κ2) is 6.64. The summed E-state index contributed by atoms with van der Waals surface area (Å²) in [4.78, 5) is 26.9. The topological polar surface area (TPSA) is 89.9 Å². The van der Waals surface area contributed by atoms with E-state index in [4.69, 9.17) is 11.6 Å². The maximum Gasteiger partial charge on any atom is 0.258 e. The monoisotopic (exact) mass is 360 g/mol. The Balaban J connectivity index is 2.02. The molecule has 0 aliphatic carbocycles. The van der Waals surface area contributed by atoms with E-state index in [1.165, 1.54) is 11.0 Å². The highest BCUT2D eigenvalue weighted by atomic mass is 35.5. The normalized spacial score (nSPS) is 15.8. The molecule has 6 nitrogen and oxygen atoms in total. The average Bonchev–Trinajstić information content (AvgIpc) is 2.97. The smallest absolute Gasteiger partial charge is 0.258 e. The molecule has 2 amide bonds. The molecule has 130 valence electrons. The van der Waals surface area contributed by atoms with Gasteiger partial charge in [0.25, 0.3) is 5.91 Å². The molecule has 1 heterocycles. The van der Waals surface area contributed by atoms with Crippen molar-refractivity contribution >= 4 is 23.4 Å². The first-order chi connectivity index (χ1) is 11.9. The number of halogens is 1. The van der Waals surface area contributed by atoms with Gasteiger partial charge in [0, 0.05) is 19.2 Å². The molecule has 0 fully saturated rings. The molecule has 25 heavy (non-hydrogen) atoms. The number of benzene rings is 2. The molecule has 2 aromatic rings. The van der Waals surface area contributed by atoms with Crippen molar-refractivity contribution in [1.82, 2.24) is 10.2 Å². The molecule has 0 saturated heterocycles. The largest absolute Gasteiger partial charge is 0.507 e. The van der Waals surface area contributed by atoms with Gasteiger partial charge in [0.05, 0.1) is 10.6 Å². The van der Waals surface area contributed by atoms with Gasteiger partial charge in [-0.15, -0.1) is 0 Å². The highest BCUT2D eigenvalue weighted by Crippen LogP contribution is 2.38. The van der Waals surface area contributed by atoms with Crippen LogP contribution in [0.4, 0.5) is 0 Å². The Morgan fingerprint density at radius 1 is 1.24 bits per heavy atom. The summed E-state index contributed by atoms with van der Waals surface area (Å²) in [5, 5.41) is 22.3. The van der Waals surface area contributed by atoms with E-state index >= 15 is 0 Å². The molecule has 1 aliphatic rings. The SMILES string of the molecule is CCNC(=O)[C@H]1c2ccccc2CN1C(=O)c1cc(Cl)c(O)cc1O. The van der Waals surface area contributed by atoms with Crippen LogP contribution in [0.25, 0.3) is 0 Å². The number of aromatic hydroxyl groups is 2. The van der Waals surface area contributed by atoms with Crippen LogP contribution in [-0.4, -0.2) is 33.5 Å². The van der Waals surface area contributed by atoms with Gasteiger partial charge in [-0.05, 0) is 24.1 Å². The minimum Gasteiger partial charge on any atom is -0.507 e. The van der Waals surface area contributed by atoms with Crippen molar-refractivity contribution in [3.63, 3.8) is 0 Å². The highest BCUT2D eigenvalue weighted by molar-refractivity contribution is 6.32. The fourth-order valence-electron chi connectivity index (χ4n) is 3.01. The standard InChI is InChI=1S/C18H17ClN2O4/c1-2-20-17(24)16-11-6-4-3-5-10(11)9-21(16)18(25)12-7-13(19)15(23)8-14(12)22/h3-8,16,22-23H,2,9H2,1H3,(H,20,24)/t16-/m1/s1. The molecule has 1 atom stereocenters. The summed E-state index contributed by atoms with van der Waals surface area (Å²) in [6.07, 6.45) is 0. The molecule has 3 N–H and O–H groups in total. The minimum atomic E-state index is -0.782. The molecule has 0 saturated carbocycles. The third-order valence-corrected chi connectivity index (χ3v) is 4.46. The van der Waals surface area contributed by atoms with Gasteiger partial charge < -0.3 is 20.4 Å². The molecular formula is C18H17ClN2O4. The summed E-state index contributed by atoms with van der Waals surface area (Å²) >= 11 is 5.86. The van der Waals surface area contributed by atoms with Crippen molar-refractivity contribution in [2.24, 2.45) is 0 Å². The molecule has 0 bridgehead atoms. The third-order valence-electron chi connectivity index (χ3n) is 4.16. The Labute approximate surface area is 149 Å². The van der Waals surface area contributed by atoms with Gasteiger partial charge in [-0.25, -0.2) is 0 Å². The number of fused-ring (bicyclic) bond motifs is 1. The van der Waals surface area contributed by atoms with Crippen LogP contribution in [0.15, 0.2) is 36.4 Å². The minimum absolute atomic E-state index is 0.0487. The van der Waals surface area contributed by atoms with Crippen LogP contribution >= 0.6 is 11.6 Å². The van der Waals surface area contributed by atoms with Crippen molar-refractivity contribution < 1.29 is 19.8 Å². The number of likely N-dealkylation sites (N-methyl/N-ethyl adjacent to an activating group) is 1. The van der Waals surface area contributed by atoms with Gasteiger partial charge in [-0.1, -0.05) is 35.9 Å². The predicted octanol–water partition coefficient (Wildman–Crippen LogP) is 2.58. The van der Waals surface area contributed by atoms with E-state index in [0.717, 1.165) is 17.2 Å². The summed E-state index contributed by atoms with van der Waals surface area (Å²) in [6.45, 7) is 2.49. The van der Waals surface area contributed by atoms with Crippen molar-refractivity contribution in [3.05, 3.63) is 58.1 Å². The van der Waals surface area contributed by atoms with Crippen LogP contribution in [-0.2, 0) is 11.3 Å². The van der Waals surface area contributed by atoms with Crippen molar-refractivity contribution in [3.8, 4) is 11.5 Å². The maximum atomic E-state index is 13.0. The van der Waals surface area contributed by atoms with E-state index in [1.807, 2.05) is 24.3 Å². The van der Waals surface area contributed by atoms with Crippen LogP contribution in [0.5, 0.6) is 11.5 Å². The predicted molar refractivity (Wildman–Crippen MR) is 92.5 cm³/mol. The number of phenols is 2. The fraction of sp³-hybridized carbons (Fsp3) is 0.222. The lowest BCUT2D eigenvalue weighted by molar-refractivity contribution is -0.125. The zero-order valence-corrected chi connectivity index (χ0v) is 14.2. The fourth-order valence-corrected chi connectivity index (χ4v) is 3.17. The third kappa shape index (κ3) is 3.00. The molecule has 3 rings (SSSR count). The van der Waals surface area contributed by atoms with Crippen molar-refractivity contribution in [2.75, 3.05) is 6.54 Å².